The molecule has 10 heteroatoms. The monoisotopic (exact) mass is 777 g/mol. The first-order valence-electron chi connectivity index (χ1n) is 20.8. The second kappa shape index (κ2) is 14.5. The Labute approximate surface area is 358 Å². The third-order valence-corrected chi connectivity index (χ3v) is 12.8. The van der Waals surface area contributed by atoms with Crippen molar-refractivity contribution in [3.63, 3.8) is 0 Å². The minimum absolute atomic E-state index is 0.528. The molecule has 0 N–H and O–H groups in total. The average molecular weight is 777 g/mol. The molecule has 0 saturated heterocycles. The van der Waals surface area contributed by atoms with E-state index < -0.39 is 0 Å². The lowest BCUT2D eigenvalue weighted by molar-refractivity contribution is 0.669. The summed E-state index contributed by atoms with van der Waals surface area (Å²) < 4.78 is 13.2. The predicted molar refractivity (Wildman–Crippen MR) is 268 cm³/mol. The van der Waals surface area contributed by atoms with Crippen molar-refractivity contribution in [1.82, 2.24) is 15.0 Å². The molecule has 0 unspecified atom stereocenters. The van der Waals surface area contributed by atoms with Crippen LogP contribution >= 0.6 is 0 Å². The van der Waals surface area contributed by atoms with Gasteiger partial charge in [-0.3, -0.25) is 0 Å². The van der Waals surface area contributed by atoms with E-state index in [1.54, 1.807) is 0 Å². The lowest BCUT2D eigenvalue weighted by atomic mass is 9.59. The van der Waals surface area contributed by atoms with Crippen LogP contribution in [0.1, 0.15) is 0 Å². The normalized spacial score (nSPS) is 11.6. The number of rotatable bonds is 6. The molecule has 61 heavy (non-hydrogen) atoms. The molecular formula is C51H36B5N3O2. The molecular weight excluding hydrogens is 741 g/mol. The van der Waals surface area contributed by atoms with E-state index in [1.807, 2.05) is 72.8 Å². The molecule has 0 spiro atoms. The maximum atomic E-state index is 6.76. The van der Waals surface area contributed by atoms with Crippen LogP contribution in [-0.2, 0) is 0 Å². The maximum Gasteiger partial charge on any atom is 0.167 e. The first-order chi connectivity index (χ1) is 29.8. The van der Waals surface area contributed by atoms with Crippen LogP contribution in [0.25, 0.3) is 111 Å². The molecule has 0 aliphatic heterocycles. The van der Waals surface area contributed by atoms with Gasteiger partial charge in [0.15, 0.2) is 17.5 Å². The standard InChI is InChI=1S/C51H36B5N3O2/c52-42-41(43(53)45(55)46(56)44(42)54)30-22-20-28(21-23-30)27-16-18-29(19-17-27)32-24-25-34-36-12-7-14-38(48(36)61-40(34)26-32)51-58-49(31-8-2-1-3-9-31)57-50(59-51)37-13-6-11-35-33-10-4-5-15-39(33)60-47(35)37/h1-26H,52-56H2. The van der Waals surface area contributed by atoms with Gasteiger partial charge in [0, 0.05) is 27.1 Å². The number of furan rings is 2. The summed E-state index contributed by atoms with van der Waals surface area (Å²) in [6.07, 6.45) is 0. The fourth-order valence-electron chi connectivity index (χ4n) is 9.03. The lowest BCUT2D eigenvalue weighted by Crippen LogP contribution is -2.55. The quantitative estimate of drug-likeness (QED) is 0.224. The summed E-state index contributed by atoms with van der Waals surface area (Å²) in [6, 6.07) is 54.7. The van der Waals surface area contributed by atoms with Crippen LogP contribution in [0.3, 0.4) is 0 Å². The van der Waals surface area contributed by atoms with Crippen molar-refractivity contribution in [2.45, 2.75) is 0 Å². The van der Waals surface area contributed by atoms with Crippen LogP contribution in [0.4, 0.5) is 0 Å². The summed E-state index contributed by atoms with van der Waals surface area (Å²) in [5.41, 5.74) is 19.6. The topological polar surface area (TPSA) is 65.0 Å². The minimum Gasteiger partial charge on any atom is -0.455 e. The zero-order chi connectivity index (χ0) is 41.4. The molecule has 0 aliphatic rings. The zero-order valence-corrected chi connectivity index (χ0v) is 34.7. The van der Waals surface area contributed by atoms with Crippen molar-refractivity contribution in [2.75, 3.05) is 0 Å². The van der Waals surface area contributed by atoms with Crippen molar-refractivity contribution in [2.24, 2.45) is 0 Å². The van der Waals surface area contributed by atoms with E-state index in [-0.39, 0.29) is 0 Å². The molecule has 0 atom stereocenters. The van der Waals surface area contributed by atoms with E-state index in [2.05, 4.69) is 124 Å². The van der Waals surface area contributed by atoms with Gasteiger partial charge in [-0.1, -0.05) is 138 Å². The van der Waals surface area contributed by atoms with Gasteiger partial charge in [0.2, 0.25) is 0 Å². The maximum absolute atomic E-state index is 6.76. The number of para-hydroxylation sites is 3. The van der Waals surface area contributed by atoms with Crippen molar-refractivity contribution >= 4 is 110 Å². The summed E-state index contributed by atoms with van der Waals surface area (Å²) in [6.45, 7) is 0. The van der Waals surface area contributed by atoms with E-state index in [9.17, 15) is 0 Å². The fraction of sp³-hybridized carbons (Fsp3) is 0. The van der Waals surface area contributed by atoms with E-state index in [0.29, 0.717) is 17.5 Å². The predicted octanol–water partition coefficient (Wildman–Crippen LogP) is 4.96. The Bertz CT molecular complexity index is 3500. The van der Waals surface area contributed by atoms with Crippen molar-refractivity contribution in [3.05, 3.63) is 158 Å². The number of nitrogens with zero attached hydrogens (tertiary/aromatic N) is 3. The van der Waals surface area contributed by atoms with Gasteiger partial charge in [-0.2, -0.15) is 0 Å². The highest BCUT2D eigenvalue weighted by atomic mass is 16.3. The van der Waals surface area contributed by atoms with Gasteiger partial charge in [-0.25, -0.2) is 15.0 Å². The molecule has 0 radical (unpaired) electrons. The van der Waals surface area contributed by atoms with Gasteiger partial charge in [0.1, 0.15) is 61.6 Å². The Morgan fingerprint density at radius 3 is 1.36 bits per heavy atom. The average Bonchev–Trinajstić information content (AvgIpc) is 3.89. The van der Waals surface area contributed by atoms with Gasteiger partial charge in [0.25, 0.3) is 0 Å². The highest BCUT2D eigenvalue weighted by Crippen LogP contribution is 2.39. The van der Waals surface area contributed by atoms with E-state index in [0.717, 1.165) is 71.7 Å². The number of fused-ring (bicyclic) bond motifs is 6. The summed E-state index contributed by atoms with van der Waals surface area (Å²) in [5.74, 6) is 1.63. The largest absolute Gasteiger partial charge is 0.455 e. The van der Waals surface area contributed by atoms with Gasteiger partial charge in [-0.05, 0) is 63.7 Å². The molecule has 8 aromatic carbocycles. The summed E-state index contributed by atoms with van der Waals surface area (Å²) in [7, 11) is 11.2. The van der Waals surface area contributed by atoms with Crippen molar-refractivity contribution < 1.29 is 8.83 Å². The fourth-order valence-corrected chi connectivity index (χ4v) is 9.03. The number of aromatic nitrogens is 3. The third kappa shape index (κ3) is 6.12. The molecule has 0 bridgehead atoms. The molecule has 11 rings (SSSR count). The van der Waals surface area contributed by atoms with Crippen LogP contribution in [0.15, 0.2) is 167 Å². The minimum atomic E-state index is 0.528. The lowest BCUT2D eigenvalue weighted by Gasteiger charge is -2.20. The molecule has 0 aliphatic carbocycles. The Kier molecular flexibility index (Phi) is 8.71. The molecule has 0 amide bonds. The number of benzene rings is 8. The van der Waals surface area contributed by atoms with E-state index in [4.69, 9.17) is 23.8 Å². The first-order valence-corrected chi connectivity index (χ1v) is 20.8. The Morgan fingerprint density at radius 2 is 0.754 bits per heavy atom. The summed E-state index contributed by atoms with van der Waals surface area (Å²) >= 11 is 0. The Hall–Kier alpha value is -7.31. The van der Waals surface area contributed by atoms with Crippen LogP contribution in [-0.4, -0.2) is 54.2 Å². The SMILES string of the molecule is Bc1c(B)c(B)c(-c2ccc(-c3ccc(-c4ccc5c(c4)oc4c(-c6nc(-c7ccccc7)nc(-c7cccc8c7oc7ccccc78)n6)cccc45)cc3)cc2)c(B)c1B. The van der Waals surface area contributed by atoms with E-state index in [1.165, 1.54) is 49.6 Å². The van der Waals surface area contributed by atoms with Crippen LogP contribution < -0.4 is 27.3 Å². The summed E-state index contributed by atoms with van der Waals surface area (Å²) in [4.78, 5) is 15.2. The van der Waals surface area contributed by atoms with Crippen LogP contribution in [0.2, 0.25) is 0 Å². The Morgan fingerprint density at radius 1 is 0.311 bits per heavy atom. The third-order valence-electron chi connectivity index (χ3n) is 12.8. The zero-order valence-electron chi connectivity index (χ0n) is 34.7. The highest BCUT2D eigenvalue weighted by Gasteiger charge is 2.21. The summed E-state index contributed by atoms with van der Waals surface area (Å²) in [5, 5.41) is 4.11. The van der Waals surface area contributed by atoms with Crippen LogP contribution in [0, 0.1) is 0 Å². The molecule has 0 saturated carbocycles. The number of hydrogen-bond acceptors (Lipinski definition) is 5. The molecule has 282 valence electrons. The van der Waals surface area contributed by atoms with Crippen molar-refractivity contribution in [3.8, 4) is 67.5 Å². The smallest absolute Gasteiger partial charge is 0.167 e. The number of hydrogen-bond donors (Lipinski definition) is 0. The van der Waals surface area contributed by atoms with Gasteiger partial charge in [0.05, 0.1) is 11.1 Å². The first kappa shape index (κ1) is 36.8. The molecule has 11 aromatic rings. The van der Waals surface area contributed by atoms with E-state index >= 15 is 0 Å². The highest BCUT2D eigenvalue weighted by molar-refractivity contribution is 6.68. The molecule has 5 nitrogen and oxygen atoms in total. The van der Waals surface area contributed by atoms with Gasteiger partial charge >= 0.3 is 0 Å². The molecule has 3 heterocycles. The second-order valence-electron chi connectivity index (χ2n) is 16.1. The van der Waals surface area contributed by atoms with Crippen molar-refractivity contribution in [1.29, 1.82) is 0 Å². The van der Waals surface area contributed by atoms with Gasteiger partial charge in [-0.15, -0.1) is 16.4 Å². The second-order valence-corrected chi connectivity index (χ2v) is 16.1. The molecule has 3 aromatic heterocycles. The van der Waals surface area contributed by atoms with Crippen LogP contribution in [0.5, 0.6) is 0 Å². The Balaban J connectivity index is 0.957. The van der Waals surface area contributed by atoms with Gasteiger partial charge < -0.3 is 8.83 Å². The molecule has 0 fully saturated rings.